The van der Waals surface area contributed by atoms with E-state index >= 15 is 0 Å². The molecule has 0 unspecified atom stereocenters. The van der Waals surface area contributed by atoms with Crippen LogP contribution < -0.4 is 20.5 Å². The van der Waals surface area contributed by atoms with E-state index in [9.17, 15) is 4.79 Å². The Bertz CT molecular complexity index is 1360. The van der Waals surface area contributed by atoms with Gasteiger partial charge in [-0.2, -0.15) is 0 Å². The zero-order valence-electron chi connectivity index (χ0n) is 17.2. The van der Waals surface area contributed by atoms with E-state index < -0.39 is 0 Å². The molecule has 0 aliphatic carbocycles. The second kappa shape index (κ2) is 7.38. The van der Waals surface area contributed by atoms with Crippen LogP contribution in [0.25, 0.3) is 27.9 Å². The Hall–Kier alpha value is -3.85. The van der Waals surface area contributed by atoms with Crippen molar-refractivity contribution >= 4 is 33.9 Å². The number of ether oxygens (including phenoxy) is 3. The Kier molecular flexibility index (Phi) is 4.36. The molecule has 1 atom stereocenters. The summed E-state index contributed by atoms with van der Waals surface area (Å²) in [6.07, 6.45) is 1.96. The molecule has 2 aromatic carbocycles. The lowest BCUT2D eigenvalue weighted by Crippen LogP contribution is -2.32. The lowest BCUT2D eigenvalue weighted by atomic mass is 10.2. The largest absolute Gasteiger partial charge is 0.454 e. The second-order valence-corrected chi connectivity index (χ2v) is 7.86. The molecule has 4 aromatic rings. The third-order valence-corrected chi connectivity index (χ3v) is 5.85. The van der Waals surface area contributed by atoms with Crippen molar-refractivity contribution in [2.24, 2.45) is 0 Å². The number of aromatic nitrogens is 3. The molecule has 0 radical (unpaired) electrons. The van der Waals surface area contributed by atoms with E-state index in [2.05, 4.69) is 5.32 Å². The molecule has 0 bridgehead atoms. The van der Waals surface area contributed by atoms with Crippen LogP contribution in [0.4, 0.5) is 5.82 Å². The molecule has 0 saturated carbocycles. The van der Waals surface area contributed by atoms with Gasteiger partial charge in [0.2, 0.25) is 6.79 Å². The highest BCUT2D eigenvalue weighted by Crippen LogP contribution is 2.37. The number of carbonyl (C=O) groups is 1. The van der Waals surface area contributed by atoms with Crippen LogP contribution in [0.5, 0.6) is 11.5 Å². The van der Waals surface area contributed by atoms with Crippen LogP contribution in [0.2, 0.25) is 0 Å². The fourth-order valence-electron chi connectivity index (χ4n) is 4.27. The highest BCUT2D eigenvalue weighted by atomic mass is 16.7. The number of nitrogens with one attached hydrogen (secondary N) is 1. The SMILES string of the molecule is Nc1c(C(=O)NC[C@H]2CCCO2)c2nc3ccccc3nc2n1-c1ccc2c(c1)OCO2. The Morgan fingerprint density at radius 2 is 1.94 bits per heavy atom. The number of anilines is 1. The van der Waals surface area contributed by atoms with Crippen molar-refractivity contribution in [1.29, 1.82) is 0 Å². The summed E-state index contributed by atoms with van der Waals surface area (Å²) in [7, 11) is 0. The maximum atomic E-state index is 13.2. The van der Waals surface area contributed by atoms with Crippen molar-refractivity contribution < 1.29 is 19.0 Å². The van der Waals surface area contributed by atoms with Crippen molar-refractivity contribution in [2.45, 2.75) is 18.9 Å². The number of benzene rings is 2. The van der Waals surface area contributed by atoms with Gasteiger partial charge in [0.1, 0.15) is 16.9 Å². The Labute approximate surface area is 183 Å². The van der Waals surface area contributed by atoms with E-state index in [-0.39, 0.29) is 24.6 Å². The molecular formula is C23H21N5O4. The molecule has 2 aliphatic heterocycles. The van der Waals surface area contributed by atoms with Gasteiger partial charge in [-0.05, 0) is 37.1 Å². The molecule has 1 amide bonds. The summed E-state index contributed by atoms with van der Waals surface area (Å²) in [4.78, 5) is 22.8. The number of carbonyl (C=O) groups excluding carboxylic acids is 1. The first-order chi connectivity index (χ1) is 15.7. The zero-order chi connectivity index (χ0) is 21.7. The van der Waals surface area contributed by atoms with Crippen LogP contribution in [-0.4, -0.2) is 46.5 Å². The number of nitrogens with zero attached hydrogens (tertiary/aromatic N) is 3. The van der Waals surface area contributed by atoms with Gasteiger partial charge in [0.05, 0.1) is 22.8 Å². The smallest absolute Gasteiger partial charge is 0.257 e. The first-order valence-corrected chi connectivity index (χ1v) is 10.6. The Morgan fingerprint density at radius 1 is 1.12 bits per heavy atom. The average molecular weight is 431 g/mol. The summed E-state index contributed by atoms with van der Waals surface area (Å²) in [5, 5.41) is 2.96. The van der Waals surface area contributed by atoms with Crippen molar-refractivity contribution in [3.05, 3.63) is 48.0 Å². The van der Waals surface area contributed by atoms with Crippen LogP contribution in [0.1, 0.15) is 23.2 Å². The van der Waals surface area contributed by atoms with Crippen LogP contribution in [0.3, 0.4) is 0 Å². The van der Waals surface area contributed by atoms with Gasteiger partial charge < -0.3 is 25.3 Å². The van der Waals surface area contributed by atoms with Crippen LogP contribution in [0.15, 0.2) is 42.5 Å². The van der Waals surface area contributed by atoms with Gasteiger partial charge in [-0.1, -0.05) is 12.1 Å². The molecule has 1 fully saturated rings. The number of hydrogen-bond donors (Lipinski definition) is 2. The minimum atomic E-state index is -0.299. The molecular weight excluding hydrogens is 410 g/mol. The summed E-state index contributed by atoms with van der Waals surface area (Å²) < 4.78 is 18.3. The predicted octanol–water partition coefficient (Wildman–Crippen LogP) is 2.79. The fourth-order valence-corrected chi connectivity index (χ4v) is 4.27. The molecule has 2 aromatic heterocycles. The van der Waals surface area contributed by atoms with Gasteiger partial charge in [-0.15, -0.1) is 0 Å². The Balaban J connectivity index is 1.51. The lowest BCUT2D eigenvalue weighted by molar-refractivity contribution is 0.0859. The van der Waals surface area contributed by atoms with E-state index in [0.717, 1.165) is 19.4 Å². The van der Waals surface area contributed by atoms with Gasteiger partial charge in [0.25, 0.3) is 5.91 Å². The van der Waals surface area contributed by atoms with Crippen molar-refractivity contribution in [3.63, 3.8) is 0 Å². The van der Waals surface area contributed by atoms with E-state index in [1.54, 1.807) is 4.57 Å². The first-order valence-electron chi connectivity index (χ1n) is 10.6. The normalized spacial score (nSPS) is 17.3. The van der Waals surface area contributed by atoms with Crippen LogP contribution in [0, 0.1) is 0 Å². The van der Waals surface area contributed by atoms with Gasteiger partial charge >= 0.3 is 0 Å². The molecule has 0 spiro atoms. The van der Waals surface area contributed by atoms with Gasteiger partial charge in [0.15, 0.2) is 17.1 Å². The molecule has 1 saturated heterocycles. The van der Waals surface area contributed by atoms with Crippen LogP contribution in [-0.2, 0) is 4.74 Å². The first kappa shape index (κ1) is 18.9. The maximum absolute atomic E-state index is 13.2. The number of nitrogen functional groups attached to an aromatic ring is 1. The summed E-state index contributed by atoms with van der Waals surface area (Å²) in [5.74, 6) is 1.24. The molecule has 3 N–H and O–H groups in total. The summed E-state index contributed by atoms with van der Waals surface area (Å²) in [6.45, 7) is 1.32. The minimum absolute atomic E-state index is 0.0225. The number of fused-ring (bicyclic) bond motifs is 3. The number of amides is 1. The van der Waals surface area contributed by atoms with Crippen molar-refractivity contribution in [1.82, 2.24) is 19.9 Å². The highest BCUT2D eigenvalue weighted by molar-refractivity contribution is 6.11. The molecule has 162 valence electrons. The maximum Gasteiger partial charge on any atom is 0.257 e. The minimum Gasteiger partial charge on any atom is -0.454 e. The highest BCUT2D eigenvalue weighted by Gasteiger charge is 2.27. The summed E-state index contributed by atoms with van der Waals surface area (Å²) in [6, 6.07) is 13.0. The zero-order valence-corrected chi connectivity index (χ0v) is 17.2. The number of para-hydroxylation sites is 2. The third kappa shape index (κ3) is 3.01. The molecule has 2 aliphatic rings. The quantitative estimate of drug-likeness (QED) is 0.511. The molecule has 9 nitrogen and oxygen atoms in total. The molecule has 9 heteroatoms. The standard InChI is InChI=1S/C23H21N5O4/c24-21-19(23(29)25-11-14-4-3-9-30-14)20-22(27-16-6-2-1-5-15(16)26-20)28(21)13-7-8-17-18(10-13)32-12-31-17/h1-2,5-8,10,14H,3-4,9,11-12,24H2,(H,25,29)/t14-/m1/s1. The van der Waals surface area contributed by atoms with E-state index in [1.807, 2.05) is 42.5 Å². The van der Waals surface area contributed by atoms with Gasteiger partial charge in [0, 0.05) is 19.2 Å². The summed E-state index contributed by atoms with van der Waals surface area (Å²) in [5.41, 5.74) is 9.92. The second-order valence-electron chi connectivity index (χ2n) is 7.86. The van der Waals surface area contributed by atoms with E-state index in [1.165, 1.54) is 0 Å². The monoisotopic (exact) mass is 431 g/mol. The van der Waals surface area contributed by atoms with Gasteiger partial charge in [-0.25, -0.2) is 9.97 Å². The number of rotatable bonds is 4. The Morgan fingerprint density at radius 3 is 2.75 bits per heavy atom. The topological polar surface area (TPSA) is 114 Å². The van der Waals surface area contributed by atoms with Crippen molar-refractivity contribution in [2.75, 3.05) is 25.7 Å². The fraction of sp³-hybridized carbons (Fsp3) is 0.261. The molecule has 6 rings (SSSR count). The lowest BCUT2D eigenvalue weighted by Gasteiger charge is -2.11. The van der Waals surface area contributed by atoms with E-state index in [0.29, 0.717) is 51.5 Å². The predicted molar refractivity (Wildman–Crippen MR) is 118 cm³/mol. The molecule has 4 heterocycles. The van der Waals surface area contributed by atoms with E-state index in [4.69, 9.17) is 29.9 Å². The summed E-state index contributed by atoms with van der Waals surface area (Å²) >= 11 is 0. The number of hydrogen-bond acceptors (Lipinski definition) is 7. The van der Waals surface area contributed by atoms with Gasteiger partial charge in [-0.3, -0.25) is 9.36 Å². The number of nitrogens with two attached hydrogens (primary N) is 1. The molecule has 32 heavy (non-hydrogen) atoms. The van der Waals surface area contributed by atoms with Crippen LogP contribution >= 0.6 is 0 Å². The third-order valence-electron chi connectivity index (χ3n) is 5.85. The van der Waals surface area contributed by atoms with Crippen molar-refractivity contribution in [3.8, 4) is 17.2 Å². The average Bonchev–Trinajstić information content (AvgIpc) is 3.54.